The Balaban J connectivity index is 2.23. The summed E-state index contributed by atoms with van der Waals surface area (Å²) in [5, 5.41) is 0. The third-order valence-corrected chi connectivity index (χ3v) is 2.25. The first kappa shape index (κ1) is 10.4. The molecule has 1 aliphatic rings. The SMILES string of the molecule is CC1=CC(=O)O/C1=C\C(=O)c1ccccc1. The fourth-order valence-electron chi connectivity index (χ4n) is 1.41. The number of hydrogen-bond donors (Lipinski definition) is 0. The van der Waals surface area contributed by atoms with E-state index in [1.165, 1.54) is 12.2 Å². The van der Waals surface area contributed by atoms with Crippen molar-refractivity contribution in [1.29, 1.82) is 0 Å². The van der Waals surface area contributed by atoms with Gasteiger partial charge in [-0.05, 0) is 12.5 Å². The van der Waals surface area contributed by atoms with Gasteiger partial charge in [0.05, 0.1) is 0 Å². The molecule has 0 unspecified atom stereocenters. The minimum absolute atomic E-state index is 0.168. The summed E-state index contributed by atoms with van der Waals surface area (Å²) in [7, 11) is 0. The van der Waals surface area contributed by atoms with Crippen LogP contribution in [-0.2, 0) is 9.53 Å². The molecule has 0 radical (unpaired) electrons. The fourth-order valence-corrected chi connectivity index (χ4v) is 1.41. The minimum Gasteiger partial charge on any atom is -0.423 e. The number of hydrogen-bond acceptors (Lipinski definition) is 3. The number of esters is 1. The maximum absolute atomic E-state index is 11.8. The van der Waals surface area contributed by atoms with Gasteiger partial charge in [-0.15, -0.1) is 0 Å². The summed E-state index contributed by atoms with van der Waals surface area (Å²) in [4.78, 5) is 22.7. The summed E-state index contributed by atoms with van der Waals surface area (Å²) in [5.41, 5.74) is 1.25. The Morgan fingerprint density at radius 3 is 2.50 bits per heavy atom. The monoisotopic (exact) mass is 214 g/mol. The first-order chi connectivity index (χ1) is 7.66. The molecule has 0 amide bonds. The predicted octanol–water partition coefficient (Wildman–Crippen LogP) is 2.26. The molecule has 1 aromatic rings. The highest BCUT2D eigenvalue weighted by molar-refractivity contribution is 6.05. The van der Waals surface area contributed by atoms with E-state index in [0.29, 0.717) is 16.9 Å². The van der Waals surface area contributed by atoms with Crippen LogP contribution in [0.4, 0.5) is 0 Å². The van der Waals surface area contributed by atoms with Crippen LogP contribution >= 0.6 is 0 Å². The van der Waals surface area contributed by atoms with Gasteiger partial charge >= 0.3 is 5.97 Å². The normalized spacial score (nSPS) is 17.2. The molecule has 0 saturated heterocycles. The number of carbonyl (C=O) groups excluding carboxylic acids is 2. The van der Waals surface area contributed by atoms with Gasteiger partial charge in [0.25, 0.3) is 0 Å². The number of carbonyl (C=O) groups is 2. The average molecular weight is 214 g/mol. The molecule has 0 bridgehead atoms. The first-order valence-electron chi connectivity index (χ1n) is 4.88. The summed E-state index contributed by atoms with van der Waals surface area (Å²) >= 11 is 0. The lowest BCUT2D eigenvalue weighted by molar-refractivity contribution is -0.132. The minimum atomic E-state index is -0.426. The predicted molar refractivity (Wildman–Crippen MR) is 58.7 cm³/mol. The third kappa shape index (κ3) is 2.08. The second kappa shape index (κ2) is 4.14. The molecular formula is C13H10O3. The first-order valence-corrected chi connectivity index (χ1v) is 4.88. The van der Waals surface area contributed by atoms with Crippen LogP contribution in [-0.4, -0.2) is 11.8 Å². The summed E-state index contributed by atoms with van der Waals surface area (Å²) < 4.78 is 4.87. The van der Waals surface area contributed by atoms with E-state index >= 15 is 0 Å². The van der Waals surface area contributed by atoms with Gasteiger partial charge in [-0.2, -0.15) is 0 Å². The molecule has 3 nitrogen and oxygen atoms in total. The van der Waals surface area contributed by atoms with E-state index in [2.05, 4.69) is 0 Å². The Morgan fingerprint density at radius 2 is 1.94 bits per heavy atom. The van der Waals surface area contributed by atoms with Crippen LogP contribution in [0.15, 0.2) is 53.8 Å². The molecule has 0 atom stereocenters. The second-order valence-electron chi connectivity index (χ2n) is 3.49. The molecule has 1 aliphatic heterocycles. The molecular weight excluding hydrogens is 204 g/mol. The molecule has 0 aromatic heterocycles. The van der Waals surface area contributed by atoms with E-state index in [9.17, 15) is 9.59 Å². The van der Waals surface area contributed by atoms with Crippen molar-refractivity contribution in [2.75, 3.05) is 0 Å². The second-order valence-corrected chi connectivity index (χ2v) is 3.49. The molecule has 2 rings (SSSR count). The van der Waals surface area contributed by atoms with Crippen LogP contribution in [0.5, 0.6) is 0 Å². The van der Waals surface area contributed by atoms with Crippen molar-refractivity contribution in [1.82, 2.24) is 0 Å². The van der Waals surface area contributed by atoms with Crippen LogP contribution in [0.2, 0.25) is 0 Å². The number of ether oxygens (including phenoxy) is 1. The highest BCUT2D eigenvalue weighted by Crippen LogP contribution is 2.19. The zero-order valence-corrected chi connectivity index (χ0v) is 8.77. The van der Waals surface area contributed by atoms with E-state index < -0.39 is 5.97 Å². The van der Waals surface area contributed by atoms with Crippen LogP contribution in [0.3, 0.4) is 0 Å². The molecule has 0 fully saturated rings. The lowest BCUT2D eigenvalue weighted by Crippen LogP contribution is -1.98. The van der Waals surface area contributed by atoms with Gasteiger partial charge in [-0.25, -0.2) is 4.79 Å². The smallest absolute Gasteiger partial charge is 0.336 e. The van der Waals surface area contributed by atoms with Gasteiger partial charge in [0.2, 0.25) is 0 Å². The van der Waals surface area contributed by atoms with E-state index in [0.717, 1.165) is 0 Å². The van der Waals surface area contributed by atoms with Gasteiger partial charge in [-0.3, -0.25) is 4.79 Å². The summed E-state index contributed by atoms with van der Waals surface area (Å²) in [5.74, 6) is -0.262. The van der Waals surface area contributed by atoms with Gasteiger partial charge in [0, 0.05) is 17.7 Å². The number of rotatable bonds is 2. The van der Waals surface area contributed by atoms with Gasteiger partial charge in [0.15, 0.2) is 5.78 Å². The van der Waals surface area contributed by atoms with Crippen molar-refractivity contribution in [3.63, 3.8) is 0 Å². The quantitative estimate of drug-likeness (QED) is 0.431. The van der Waals surface area contributed by atoms with Crippen molar-refractivity contribution < 1.29 is 14.3 Å². The van der Waals surface area contributed by atoms with Crippen LogP contribution < -0.4 is 0 Å². The number of cyclic esters (lactones) is 1. The van der Waals surface area contributed by atoms with Crippen LogP contribution in [0, 0.1) is 0 Å². The molecule has 80 valence electrons. The fraction of sp³-hybridized carbons (Fsp3) is 0.0769. The third-order valence-electron chi connectivity index (χ3n) is 2.25. The zero-order valence-electron chi connectivity index (χ0n) is 8.77. The molecule has 0 saturated carbocycles. The van der Waals surface area contributed by atoms with E-state index in [1.807, 2.05) is 6.07 Å². The standard InChI is InChI=1S/C13H10O3/c1-9-7-13(15)16-12(9)8-11(14)10-5-3-2-4-6-10/h2-8H,1H3/b12-8-. The molecule has 0 aliphatic carbocycles. The summed E-state index contributed by atoms with van der Waals surface area (Å²) in [6.07, 6.45) is 2.70. The lowest BCUT2D eigenvalue weighted by Gasteiger charge is -1.99. The van der Waals surface area contributed by atoms with E-state index in [-0.39, 0.29) is 5.78 Å². The molecule has 16 heavy (non-hydrogen) atoms. The van der Waals surface area contributed by atoms with Crippen LogP contribution in [0.25, 0.3) is 0 Å². The molecule has 1 heterocycles. The van der Waals surface area contributed by atoms with Crippen molar-refractivity contribution in [3.8, 4) is 0 Å². The van der Waals surface area contributed by atoms with Crippen molar-refractivity contribution in [3.05, 3.63) is 59.4 Å². The molecule has 3 heteroatoms. The van der Waals surface area contributed by atoms with Gasteiger partial charge in [0.1, 0.15) is 5.76 Å². The number of allylic oxidation sites excluding steroid dienone is 2. The summed E-state index contributed by atoms with van der Waals surface area (Å²) in [6, 6.07) is 8.85. The van der Waals surface area contributed by atoms with Gasteiger partial charge in [-0.1, -0.05) is 30.3 Å². The maximum atomic E-state index is 11.8. The topological polar surface area (TPSA) is 43.4 Å². The van der Waals surface area contributed by atoms with Crippen molar-refractivity contribution in [2.24, 2.45) is 0 Å². The Bertz CT molecular complexity index is 495. The Morgan fingerprint density at radius 1 is 1.25 bits per heavy atom. The van der Waals surface area contributed by atoms with Gasteiger partial charge < -0.3 is 4.74 Å². The Kier molecular flexibility index (Phi) is 2.68. The van der Waals surface area contributed by atoms with Crippen molar-refractivity contribution >= 4 is 11.8 Å². The lowest BCUT2D eigenvalue weighted by atomic mass is 10.1. The maximum Gasteiger partial charge on any atom is 0.336 e. The number of ketones is 1. The molecule has 0 spiro atoms. The zero-order chi connectivity index (χ0) is 11.5. The van der Waals surface area contributed by atoms with Crippen molar-refractivity contribution in [2.45, 2.75) is 6.92 Å². The van der Waals surface area contributed by atoms with E-state index in [1.54, 1.807) is 31.2 Å². The highest BCUT2D eigenvalue weighted by atomic mass is 16.5. The highest BCUT2D eigenvalue weighted by Gasteiger charge is 2.17. The largest absolute Gasteiger partial charge is 0.423 e. The van der Waals surface area contributed by atoms with E-state index in [4.69, 9.17) is 4.74 Å². The number of benzene rings is 1. The molecule has 0 N–H and O–H groups in total. The summed E-state index contributed by atoms with van der Waals surface area (Å²) in [6.45, 7) is 1.73. The average Bonchev–Trinajstić information content (AvgIpc) is 2.59. The Hall–Kier alpha value is -2.16. The van der Waals surface area contributed by atoms with Crippen LogP contribution in [0.1, 0.15) is 17.3 Å². The molecule has 1 aromatic carbocycles. The Labute approximate surface area is 93.0 Å².